The van der Waals surface area contributed by atoms with Crippen molar-refractivity contribution < 1.29 is 13.9 Å². The first-order valence-corrected chi connectivity index (χ1v) is 10.3. The van der Waals surface area contributed by atoms with Crippen LogP contribution in [0.25, 0.3) is 0 Å². The third kappa shape index (κ3) is 4.09. The van der Waals surface area contributed by atoms with Crippen LogP contribution in [0.5, 0.6) is 0 Å². The van der Waals surface area contributed by atoms with E-state index in [2.05, 4.69) is 5.10 Å². The van der Waals surface area contributed by atoms with Crippen LogP contribution >= 0.6 is 11.6 Å². The van der Waals surface area contributed by atoms with Crippen molar-refractivity contribution in [2.24, 2.45) is 0 Å². The summed E-state index contributed by atoms with van der Waals surface area (Å²) in [4.78, 5) is 27.5. The highest BCUT2D eigenvalue weighted by atomic mass is 35.5. The summed E-state index contributed by atoms with van der Waals surface area (Å²) in [7, 11) is 1.59. The molecule has 1 aliphatic carbocycles. The van der Waals surface area contributed by atoms with Crippen LogP contribution in [0.4, 0.5) is 4.39 Å². The maximum atomic E-state index is 13.3. The van der Waals surface area contributed by atoms with Gasteiger partial charge in [-0.25, -0.2) is 13.9 Å². The number of piperidine rings is 1. The topological polar surface area (TPSA) is 69.4 Å². The molecule has 0 radical (unpaired) electrons. The lowest BCUT2D eigenvalue weighted by Gasteiger charge is -2.32. The summed E-state index contributed by atoms with van der Waals surface area (Å²) >= 11 is 6.08. The Morgan fingerprint density at radius 1 is 1.34 bits per heavy atom. The van der Waals surface area contributed by atoms with Gasteiger partial charge >= 0.3 is 5.69 Å². The van der Waals surface area contributed by atoms with E-state index in [1.165, 1.54) is 16.8 Å². The second-order valence-corrected chi connectivity index (χ2v) is 8.08. The third-order valence-corrected chi connectivity index (χ3v) is 5.86. The van der Waals surface area contributed by atoms with Gasteiger partial charge in [-0.3, -0.25) is 9.36 Å². The highest BCUT2D eigenvalue weighted by molar-refractivity contribution is 6.33. The second kappa shape index (κ2) is 8.28. The summed E-state index contributed by atoms with van der Waals surface area (Å²) in [5.74, 6) is 0.0253. The first-order chi connectivity index (χ1) is 14.0. The van der Waals surface area contributed by atoms with E-state index in [1.54, 1.807) is 16.6 Å². The fourth-order valence-electron chi connectivity index (χ4n) is 3.92. The molecule has 1 atom stereocenters. The molecule has 0 unspecified atom stereocenters. The van der Waals surface area contributed by atoms with Gasteiger partial charge in [-0.1, -0.05) is 11.6 Å². The van der Waals surface area contributed by atoms with Crippen LogP contribution in [0.15, 0.2) is 23.0 Å². The van der Waals surface area contributed by atoms with Gasteiger partial charge in [-0.2, -0.15) is 5.10 Å². The smallest absolute Gasteiger partial charge is 0.346 e. The largest absolute Gasteiger partial charge is 0.383 e. The first-order valence-electron chi connectivity index (χ1n) is 9.92. The number of amides is 1. The summed E-state index contributed by atoms with van der Waals surface area (Å²) in [5.41, 5.74) is 0.184. The number of nitrogens with zero attached hydrogens (tertiary/aromatic N) is 4. The Labute approximate surface area is 173 Å². The molecule has 1 amide bonds. The van der Waals surface area contributed by atoms with Crippen LogP contribution in [0, 0.1) is 5.82 Å². The van der Waals surface area contributed by atoms with E-state index in [0.29, 0.717) is 31.8 Å². The number of hydrogen-bond acceptors (Lipinski definition) is 4. The lowest BCUT2D eigenvalue weighted by molar-refractivity contribution is 0.0703. The summed E-state index contributed by atoms with van der Waals surface area (Å²) in [6.07, 6.45) is 3.61. The zero-order valence-electron chi connectivity index (χ0n) is 16.3. The van der Waals surface area contributed by atoms with Gasteiger partial charge in [0, 0.05) is 32.2 Å². The molecule has 9 heteroatoms. The van der Waals surface area contributed by atoms with Gasteiger partial charge in [0.25, 0.3) is 5.91 Å². The average molecular weight is 423 g/mol. The average Bonchev–Trinajstić information content (AvgIpc) is 3.49. The first kappa shape index (κ1) is 20.1. The SMILES string of the molecule is COCCn1nc([C@H]2CCCN(C(=O)c3ccc(F)cc3Cl)C2)n(C2CC2)c1=O. The molecule has 0 bridgehead atoms. The van der Waals surface area contributed by atoms with Crippen LogP contribution in [-0.2, 0) is 11.3 Å². The maximum Gasteiger partial charge on any atom is 0.346 e. The molecule has 2 heterocycles. The highest BCUT2D eigenvalue weighted by Crippen LogP contribution is 2.37. The predicted molar refractivity (Wildman–Crippen MR) is 106 cm³/mol. The fraction of sp³-hybridized carbons (Fsp3) is 0.550. The number of rotatable bonds is 6. The Kier molecular flexibility index (Phi) is 5.74. The van der Waals surface area contributed by atoms with Crippen LogP contribution < -0.4 is 5.69 Å². The molecular weight excluding hydrogens is 399 g/mol. The van der Waals surface area contributed by atoms with Crippen molar-refractivity contribution in [1.29, 1.82) is 0 Å². The van der Waals surface area contributed by atoms with E-state index in [-0.39, 0.29) is 28.6 Å². The molecule has 1 saturated heterocycles. The number of hydrogen-bond donors (Lipinski definition) is 0. The molecule has 1 aromatic heterocycles. The number of likely N-dealkylation sites (tertiary alicyclic amines) is 1. The molecule has 156 valence electrons. The number of halogens is 2. The number of ether oxygens (including phenoxy) is 1. The molecule has 0 spiro atoms. The molecule has 4 rings (SSSR count). The monoisotopic (exact) mass is 422 g/mol. The van der Waals surface area contributed by atoms with E-state index < -0.39 is 5.82 Å². The van der Waals surface area contributed by atoms with Crippen molar-refractivity contribution >= 4 is 17.5 Å². The fourth-order valence-corrected chi connectivity index (χ4v) is 4.17. The Balaban J connectivity index is 1.58. The van der Waals surface area contributed by atoms with E-state index in [1.807, 2.05) is 0 Å². The van der Waals surface area contributed by atoms with Gasteiger partial charge in [0.15, 0.2) is 0 Å². The predicted octanol–water partition coefficient (Wildman–Crippen LogP) is 2.84. The van der Waals surface area contributed by atoms with E-state index >= 15 is 0 Å². The zero-order chi connectivity index (χ0) is 20.5. The Hall–Kier alpha value is -2.19. The number of benzene rings is 1. The molecule has 29 heavy (non-hydrogen) atoms. The van der Waals surface area contributed by atoms with E-state index in [0.717, 1.165) is 37.6 Å². The highest BCUT2D eigenvalue weighted by Gasteiger charge is 2.35. The molecule has 1 aliphatic heterocycles. The van der Waals surface area contributed by atoms with Gasteiger partial charge in [0.05, 0.1) is 23.7 Å². The number of methoxy groups -OCH3 is 1. The lowest BCUT2D eigenvalue weighted by atomic mass is 9.96. The van der Waals surface area contributed by atoms with Gasteiger partial charge < -0.3 is 9.64 Å². The zero-order valence-corrected chi connectivity index (χ0v) is 17.1. The molecule has 1 saturated carbocycles. The minimum absolute atomic E-state index is 0.0241. The van der Waals surface area contributed by atoms with Crippen molar-refractivity contribution in [1.82, 2.24) is 19.2 Å². The lowest BCUT2D eigenvalue weighted by Crippen LogP contribution is -2.40. The van der Waals surface area contributed by atoms with Gasteiger partial charge in [0.1, 0.15) is 11.6 Å². The summed E-state index contributed by atoms with van der Waals surface area (Å²) < 4.78 is 21.7. The number of carbonyl (C=O) groups is 1. The Bertz CT molecular complexity index is 969. The summed E-state index contributed by atoms with van der Waals surface area (Å²) in [6.45, 7) is 1.88. The van der Waals surface area contributed by atoms with Crippen molar-refractivity contribution in [2.75, 3.05) is 26.8 Å². The quantitative estimate of drug-likeness (QED) is 0.717. The van der Waals surface area contributed by atoms with E-state index in [4.69, 9.17) is 16.3 Å². The van der Waals surface area contributed by atoms with Crippen LogP contribution in [-0.4, -0.2) is 52.0 Å². The van der Waals surface area contributed by atoms with E-state index in [9.17, 15) is 14.0 Å². The molecule has 2 aliphatic rings. The molecule has 7 nitrogen and oxygen atoms in total. The van der Waals surface area contributed by atoms with Gasteiger partial charge in [-0.15, -0.1) is 0 Å². The summed E-state index contributed by atoms with van der Waals surface area (Å²) in [5, 5.41) is 4.71. The Morgan fingerprint density at radius 2 is 2.14 bits per heavy atom. The standard InChI is InChI=1S/C20H24ClFN4O3/c1-29-10-9-25-20(28)26(15-5-6-15)18(23-25)13-3-2-8-24(12-13)19(27)16-7-4-14(22)11-17(16)21/h4,7,11,13,15H,2-3,5-6,8-10,12H2,1H3/t13-/m0/s1. The minimum atomic E-state index is -0.474. The molecule has 2 aromatic rings. The second-order valence-electron chi connectivity index (χ2n) is 7.67. The number of aromatic nitrogens is 3. The number of carbonyl (C=O) groups excluding carboxylic acids is 1. The Morgan fingerprint density at radius 3 is 2.83 bits per heavy atom. The summed E-state index contributed by atoms with van der Waals surface area (Å²) in [6, 6.07) is 4.01. The van der Waals surface area contributed by atoms with Crippen LogP contribution in [0.2, 0.25) is 5.02 Å². The van der Waals surface area contributed by atoms with Crippen LogP contribution in [0.3, 0.4) is 0 Å². The minimum Gasteiger partial charge on any atom is -0.383 e. The third-order valence-electron chi connectivity index (χ3n) is 5.55. The maximum absolute atomic E-state index is 13.3. The van der Waals surface area contributed by atoms with Gasteiger partial charge in [0.2, 0.25) is 0 Å². The normalized spacial score (nSPS) is 19.6. The van der Waals surface area contributed by atoms with Crippen molar-refractivity contribution in [3.05, 3.63) is 50.9 Å². The molecular formula is C20H24ClFN4O3. The van der Waals surface area contributed by atoms with Crippen molar-refractivity contribution in [2.45, 2.75) is 44.2 Å². The van der Waals surface area contributed by atoms with Crippen molar-refractivity contribution in [3.63, 3.8) is 0 Å². The molecule has 1 aromatic carbocycles. The van der Waals surface area contributed by atoms with Crippen LogP contribution in [0.1, 0.15) is 53.8 Å². The molecule has 0 N–H and O–H groups in total. The van der Waals surface area contributed by atoms with Gasteiger partial charge in [-0.05, 0) is 43.9 Å². The van der Waals surface area contributed by atoms with Crippen molar-refractivity contribution in [3.8, 4) is 0 Å². The molecule has 2 fully saturated rings.